The summed E-state index contributed by atoms with van der Waals surface area (Å²) in [6.45, 7) is 6.23. The van der Waals surface area contributed by atoms with Gasteiger partial charge in [-0.1, -0.05) is 67.1 Å². The number of hydrogen-bond acceptors (Lipinski definition) is 1. The first-order valence-corrected chi connectivity index (χ1v) is 9.58. The van der Waals surface area contributed by atoms with Crippen LogP contribution in [-0.2, 0) is 18.2 Å². The van der Waals surface area contributed by atoms with Crippen LogP contribution in [0.1, 0.15) is 80.8 Å². The fourth-order valence-corrected chi connectivity index (χ4v) is 3.69. The van der Waals surface area contributed by atoms with Crippen LogP contribution in [0.2, 0.25) is 0 Å². The number of aromatic nitrogens is 1. The third-order valence-corrected chi connectivity index (χ3v) is 5.03. The summed E-state index contributed by atoms with van der Waals surface area (Å²) >= 11 is 3.64. The van der Waals surface area contributed by atoms with Crippen LogP contribution in [0, 0.1) is 0 Å². The molecule has 0 aromatic carbocycles. The van der Waals surface area contributed by atoms with E-state index in [4.69, 9.17) is 4.98 Å². The van der Waals surface area contributed by atoms with Crippen LogP contribution in [0.25, 0.3) is 5.57 Å². The van der Waals surface area contributed by atoms with Gasteiger partial charge in [0.2, 0.25) is 0 Å². The van der Waals surface area contributed by atoms with Gasteiger partial charge in [0.1, 0.15) is 0 Å². The van der Waals surface area contributed by atoms with Crippen molar-refractivity contribution in [1.82, 2.24) is 4.98 Å². The molecule has 116 valence electrons. The molecule has 2 heteroatoms. The molecule has 1 aliphatic carbocycles. The molecule has 0 unspecified atom stereocenters. The Labute approximate surface area is 138 Å². The lowest BCUT2D eigenvalue weighted by Crippen LogP contribution is -2.05. The number of nitrogens with zero attached hydrogens (tertiary/aromatic N) is 1. The Hall–Kier alpha value is -0.630. The van der Waals surface area contributed by atoms with Crippen molar-refractivity contribution in [1.29, 1.82) is 0 Å². The van der Waals surface area contributed by atoms with E-state index in [0.717, 1.165) is 29.4 Å². The molecule has 0 spiro atoms. The van der Waals surface area contributed by atoms with Crippen molar-refractivity contribution in [2.24, 2.45) is 0 Å². The first-order chi connectivity index (χ1) is 10.2. The zero-order chi connectivity index (χ0) is 15.1. The quantitative estimate of drug-likeness (QED) is 0.576. The number of hydrogen-bond donors (Lipinski definition) is 0. The van der Waals surface area contributed by atoms with E-state index in [1.165, 1.54) is 68.2 Å². The fourth-order valence-electron chi connectivity index (χ4n) is 3.20. The van der Waals surface area contributed by atoms with Gasteiger partial charge in [-0.3, -0.25) is 4.98 Å². The maximum absolute atomic E-state index is 4.98. The molecular weight excluding hydrogens is 322 g/mol. The molecule has 0 radical (unpaired) electrons. The van der Waals surface area contributed by atoms with Crippen molar-refractivity contribution >= 4 is 21.5 Å². The second-order valence-electron chi connectivity index (χ2n) is 6.34. The van der Waals surface area contributed by atoms with Crippen LogP contribution < -0.4 is 0 Å². The van der Waals surface area contributed by atoms with Gasteiger partial charge in [-0.05, 0) is 49.3 Å². The number of fused-ring (bicyclic) bond motifs is 11. The summed E-state index contributed by atoms with van der Waals surface area (Å²) in [6, 6.07) is 2.38. The Morgan fingerprint density at radius 2 is 1.62 bits per heavy atom. The summed E-state index contributed by atoms with van der Waals surface area (Å²) in [5, 5.41) is 0.915. The van der Waals surface area contributed by atoms with E-state index in [9.17, 15) is 0 Å². The SMILES string of the molecule is C=C(C)c1nc2c(CBr)cc1CCCCCCCCCC2. The van der Waals surface area contributed by atoms with Gasteiger partial charge < -0.3 is 0 Å². The molecule has 0 atom stereocenters. The highest BCUT2D eigenvalue weighted by Gasteiger charge is 2.12. The van der Waals surface area contributed by atoms with Gasteiger partial charge in [-0.2, -0.15) is 0 Å². The molecule has 2 bridgehead atoms. The Balaban J connectivity index is 2.29. The van der Waals surface area contributed by atoms with Gasteiger partial charge in [-0.25, -0.2) is 0 Å². The van der Waals surface area contributed by atoms with Gasteiger partial charge in [0.15, 0.2) is 0 Å². The Kier molecular flexibility index (Phi) is 6.95. The Morgan fingerprint density at radius 3 is 2.19 bits per heavy atom. The third kappa shape index (κ3) is 4.95. The molecule has 0 N–H and O–H groups in total. The largest absolute Gasteiger partial charge is 0.253 e. The molecular formula is C19H28BrN. The van der Waals surface area contributed by atoms with Gasteiger partial charge in [0, 0.05) is 11.0 Å². The highest BCUT2D eigenvalue weighted by Crippen LogP contribution is 2.25. The number of alkyl halides is 1. The summed E-state index contributed by atoms with van der Waals surface area (Å²) in [6.07, 6.45) is 13.1. The summed E-state index contributed by atoms with van der Waals surface area (Å²) in [4.78, 5) is 4.98. The highest BCUT2D eigenvalue weighted by atomic mass is 79.9. The maximum atomic E-state index is 4.98. The number of pyridine rings is 1. The minimum absolute atomic E-state index is 0.915. The summed E-state index contributed by atoms with van der Waals surface area (Å²) < 4.78 is 0. The van der Waals surface area contributed by atoms with E-state index in [1.54, 1.807) is 0 Å². The molecule has 2 heterocycles. The zero-order valence-corrected chi connectivity index (χ0v) is 15.0. The predicted molar refractivity (Wildman–Crippen MR) is 95.9 cm³/mol. The zero-order valence-electron chi connectivity index (χ0n) is 13.4. The first kappa shape index (κ1) is 16.7. The van der Waals surface area contributed by atoms with Crippen molar-refractivity contribution in [2.45, 2.75) is 76.5 Å². The van der Waals surface area contributed by atoms with Gasteiger partial charge >= 0.3 is 0 Å². The summed E-state index contributed by atoms with van der Waals surface area (Å²) in [7, 11) is 0. The summed E-state index contributed by atoms with van der Waals surface area (Å²) in [5.41, 5.74) is 6.33. The summed E-state index contributed by atoms with van der Waals surface area (Å²) in [5.74, 6) is 0. The average Bonchev–Trinajstić information content (AvgIpc) is 2.49. The normalized spacial score (nSPS) is 17.4. The van der Waals surface area contributed by atoms with Crippen LogP contribution in [0.15, 0.2) is 12.6 Å². The molecule has 2 aliphatic rings. The molecule has 1 aromatic heterocycles. The highest BCUT2D eigenvalue weighted by molar-refractivity contribution is 9.08. The Morgan fingerprint density at radius 1 is 1.05 bits per heavy atom. The van der Waals surface area contributed by atoms with Crippen molar-refractivity contribution in [3.63, 3.8) is 0 Å². The standard InChI is InChI=1S/C19H28BrN/c1-15(2)19-16-11-9-7-5-3-4-6-8-10-12-18(21-19)17(13-16)14-20/h13H,1,3-12,14H2,2H3. The van der Waals surface area contributed by atoms with E-state index in [1.807, 2.05) is 0 Å². The van der Waals surface area contributed by atoms with Crippen LogP contribution >= 0.6 is 15.9 Å². The second-order valence-corrected chi connectivity index (χ2v) is 6.91. The minimum atomic E-state index is 0.915. The lowest BCUT2D eigenvalue weighted by Gasteiger charge is -2.15. The van der Waals surface area contributed by atoms with Crippen molar-refractivity contribution in [3.05, 3.63) is 35.2 Å². The van der Waals surface area contributed by atoms with E-state index in [0.29, 0.717) is 0 Å². The van der Waals surface area contributed by atoms with Crippen molar-refractivity contribution < 1.29 is 0 Å². The number of halogens is 1. The molecule has 0 amide bonds. The second kappa shape index (κ2) is 8.73. The van der Waals surface area contributed by atoms with Crippen LogP contribution in [-0.4, -0.2) is 4.98 Å². The number of rotatable bonds is 2. The molecule has 21 heavy (non-hydrogen) atoms. The first-order valence-electron chi connectivity index (χ1n) is 8.46. The molecule has 1 aromatic rings. The minimum Gasteiger partial charge on any atom is -0.253 e. The van der Waals surface area contributed by atoms with E-state index in [2.05, 4.69) is 35.5 Å². The van der Waals surface area contributed by atoms with Gasteiger partial charge in [-0.15, -0.1) is 0 Å². The van der Waals surface area contributed by atoms with E-state index < -0.39 is 0 Å². The van der Waals surface area contributed by atoms with Crippen LogP contribution in [0.4, 0.5) is 0 Å². The number of allylic oxidation sites excluding steroid dienone is 1. The smallest absolute Gasteiger partial charge is 0.0688 e. The monoisotopic (exact) mass is 349 g/mol. The lowest BCUT2D eigenvalue weighted by molar-refractivity contribution is 0.562. The molecule has 1 aliphatic heterocycles. The van der Waals surface area contributed by atoms with E-state index >= 15 is 0 Å². The van der Waals surface area contributed by atoms with Crippen molar-refractivity contribution in [2.75, 3.05) is 0 Å². The Bertz CT molecular complexity index is 479. The van der Waals surface area contributed by atoms with Crippen molar-refractivity contribution in [3.8, 4) is 0 Å². The molecule has 3 rings (SSSR count). The molecule has 0 saturated heterocycles. The lowest BCUT2D eigenvalue weighted by atomic mass is 9.96. The topological polar surface area (TPSA) is 12.9 Å². The average molecular weight is 350 g/mol. The van der Waals surface area contributed by atoms with Gasteiger partial charge in [0.05, 0.1) is 5.69 Å². The van der Waals surface area contributed by atoms with Crippen LogP contribution in [0.5, 0.6) is 0 Å². The fraction of sp³-hybridized carbons (Fsp3) is 0.632. The van der Waals surface area contributed by atoms with Crippen LogP contribution in [0.3, 0.4) is 0 Å². The maximum Gasteiger partial charge on any atom is 0.0688 e. The molecule has 0 fully saturated rings. The van der Waals surface area contributed by atoms with E-state index in [-0.39, 0.29) is 0 Å². The predicted octanol–water partition coefficient (Wildman–Crippen LogP) is 6.23. The van der Waals surface area contributed by atoms with Gasteiger partial charge in [0.25, 0.3) is 0 Å². The third-order valence-electron chi connectivity index (χ3n) is 4.43. The molecule has 0 saturated carbocycles. The molecule has 1 nitrogen and oxygen atoms in total. The number of aryl methyl sites for hydroxylation is 2.